The first kappa shape index (κ1) is 13.3. The molecule has 1 aliphatic heterocycles. The number of aliphatic carboxylic acids is 1. The Morgan fingerprint density at radius 1 is 1.22 bits per heavy atom. The van der Waals surface area contributed by atoms with E-state index in [1.807, 2.05) is 0 Å². The topological polar surface area (TPSA) is 66.8 Å². The highest BCUT2D eigenvalue weighted by Gasteiger charge is 2.40. The molecule has 0 spiro atoms. The number of hydrogen-bond acceptors (Lipinski definition) is 3. The number of amides is 1. The van der Waals surface area contributed by atoms with E-state index in [9.17, 15) is 14.7 Å². The molecule has 2 rings (SSSR count). The quantitative estimate of drug-likeness (QED) is 0.821. The van der Waals surface area contributed by atoms with E-state index in [1.165, 1.54) is 4.90 Å². The third-order valence-electron chi connectivity index (χ3n) is 4.15. The lowest BCUT2D eigenvalue weighted by Crippen LogP contribution is -2.54. The summed E-state index contributed by atoms with van der Waals surface area (Å²) in [5, 5.41) is 9.19. The van der Waals surface area contributed by atoms with E-state index in [0.29, 0.717) is 13.0 Å². The molecule has 0 radical (unpaired) electrons. The number of piperidine rings is 1. The maximum atomic E-state index is 12.4. The predicted octanol–water partition coefficient (Wildman–Crippen LogP) is 1.27. The van der Waals surface area contributed by atoms with Crippen molar-refractivity contribution in [2.24, 2.45) is 5.92 Å². The molecule has 1 N–H and O–H groups in total. The summed E-state index contributed by atoms with van der Waals surface area (Å²) in [5.41, 5.74) is 0. The molecule has 1 saturated heterocycles. The molecule has 2 fully saturated rings. The third kappa shape index (κ3) is 2.51. The highest BCUT2D eigenvalue weighted by molar-refractivity contribution is 5.87. The molecule has 102 valence electrons. The van der Waals surface area contributed by atoms with Gasteiger partial charge in [-0.25, -0.2) is 4.79 Å². The van der Waals surface area contributed by atoms with Crippen LogP contribution < -0.4 is 0 Å². The van der Waals surface area contributed by atoms with Crippen molar-refractivity contribution in [3.05, 3.63) is 0 Å². The molecular weight excluding hydrogens is 234 g/mol. The lowest BCUT2D eigenvalue weighted by Gasteiger charge is -2.39. The van der Waals surface area contributed by atoms with E-state index in [-0.39, 0.29) is 11.8 Å². The first-order valence-electron chi connectivity index (χ1n) is 6.71. The van der Waals surface area contributed by atoms with Crippen LogP contribution in [-0.4, -0.2) is 47.7 Å². The summed E-state index contributed by atoms with van der Waals surface area (Å²) >= 11 is 0. The number of ether oxygens (including phenoxy) is 1. The van der Waals surface area contributed by atoms with Crippen molar-refractivity contribution in [1.29, 1.82) is 0 Å². The van der Waals surface area contributed by atoms with E-state index in [0.717, 1.165) is 32.1 Å². The number of carboxylic acids is 1. The Kier molecular flexibility index (Phi) is 4.22. The molecule has 0 aromatic heterocycles. The van der Waals surface area contributed by atoms with Gasteiger partial charge in [0.25, 0.3) is 5.91 Å². The van der Waals surface area contributed by atoms with Gasteiger partial charge in [-0.15, -0.1) is 0 Å². The van der Waals surface area contributed by atoms with Gasteiger partial charge in [-0.2, -0.15) is 0 Å². The zero-order valence-electron chi connectivity index (χ0n) is 10.8. The molecule has 5 heteroatoms. The van der Waals surface area contributed by atoms with Crippen LogP contribution in [0.5, 0.6) is 0 Å². The van der Waals surface area contributed by atoms with Crippen LogP contribution >= 0.6 is 0 Å². The zero-order valence-corrected chi connectivity index (χ0v) is 10.8. The second-order valence-corrected chi connectivity index (χ2v) is 5.23. The Morgan fingerprint density at radius 2 is 1.94 bits per heavy atom. The summed E-state index contributed by atoms with van der Waals surface area (Å²) in [5.74, 6) is -0.750. The maximum Gasteiger partial charge on any atom is 0.326 e. The molecular formula is C13H21NO4. The van der Waals surface area contributed by atoms with Crippen molar-refractivity contribution in [3.8, 4) is 0 Å². The first-order chi connectivity index (χ1) is 8.65. The van der Waals surface area contributed by atoms with E-state index in [2.05, 4.69) is 0 Å². The standard InChI is InChI=1S/C13H21NO4/c1-18-11(9-5-4-6-9)12(15)14-8-3-2-7-10(14)13(16)17/h9-11H,2-8H2,1H3,(H,16,17). The van der Waals surface area contributed by atoms with Crippen LogP contribution in [0.1, 0.15) is 38.5 Å². The Bertz CT molecular complexity index is 327. The Balaban J connectivity index is 2.06. The molecule has 2 unspecified atom stereocenters. The van der Waals surface area contributed by atoms with Crippen molar-refractivity contribution in [2.45, 2.75) is 50.7 Å². The number of carbonyl (C=O) groups excluding carboxylic acids is 1. The average Bonchev–Trinajstić information content (AvgIpc) is 2.32. The molecule has 18 heavy (non-hydrogen) atoms. The van der Waals surface area contributed by atoms with Crippen LogP contribution in [0.4, 0.5) is 0 Å². The summed E-state index contributed by atoms with van der Waals surface area (Å²) in [6, 6.07) is -0.663. The van der Waals surface area contributed by atoms with Crippen molar-refractivity contribution in [3.63, 3.8) is 0 Å². The minimum absolute atomic E-state index is 0.130. The largest absolute Gasteiger partial charge is 0.480 e. The number of nitrogens with zero attached hydrogens (tertiary/aromatic N) is 1. The second kappa shape index (κ2) is 5.69. The van der Waals surface area contributed by atoms with Gasteiger partial charge >= 0.3 is 5.97 Å². The zero-order chi connectivity index (χ0) is 13.1. The summed E-state index contributed by atoms with van der Waals surface area (Å²) < 4.78 is 5.31. The highest BCUT2D eigenvalue weighted by Crippen LogP contribution is 2.33. The molecule has 0 aromatic rings. The number of rotatable bonds is 4. The molecule has 1 aliphatic carbocycles. The number of hydrogen-bond donors (Lipinski definition) is 1. The maximum absolute atomic E-state index is 12.4. The van der Waals surface area contributed by atoms with Gasteiger partial charge in [0.05, 0.1) is 0 Å². The van der Waals surface area contributed by atoms with Crippen molar-refractivity contribution in [2.75, 3.05) is 13.7 Å². The second-order valence-electron chi connectivity index (χ2n) is 5.23. The molecule has 0 aromatic carbocycles. The lowest BCUT2D eigenvalue weighted by molar-refractivity contribution is -0.160. The van der Waals surface area contributed by atoms with Gasteiger partial charge in [-0.1, -0.05) is 6.42 Å². The van der Waals surface area contributed by atoms with Gasteiger partial charge in [0.2, 0.25) is 0 Å². The summed E-state index contributed by atoms with van der Waals surface area (Å²) in [6.07, 6.45) is 5.03. The van der Waals surface area contributed by atoms with Crippen LogP contribution in [0.25, 0.3) is 0 Å². The number of carbonyl (C=O) groups is 2. The number of carboxylic acid groups (broad SMARTS) is 1. The van der Waals surface area contributed by atoms with Gasteiger partial charge in [0.15, 0.2) is 0 Å². The minimum atomic E-state index is -0.897. The predicted molar refractivity (Wildman–Crippen MR) is 65.1 cm³/mol. The van der Waals surface area contributed by atoms with Gasteiger partial charge in [0, 0.05) is 13.7 Å². The third-order valence-corrected chi connectivity index (χ3v) is 4.15. The van der Waals surface area contributed by atoms with Gasteiger partial charge in [-0.05, 0) is 38.0 Å². The van der Waals surface area contributed by atoms with E-state index < -0.39 is 18.1 Å². The van der Waals surface area contributed by atoms with Gasteiger partial charge < -0.3 is 14.7 Å². The fourth-order valence-corrected chi connectivity index (χ4v) is 2.85. The van der Waals surface area contributed by atoms with Crippen LogP contribution in [0.3, 0.4) is 0 Å². The SMILES string of the molecule is COC(C(=O)N1CCCCC1C(=O)O)C1CCC1. The Hall–Kier alpha value is -1.10. The van der Waals surface area contributed by atoms with Crippen LogP contribution in [0.15, 0.2) is 0 Å². The number of methoxy groups -OCH3 is 1. The van der Waals surface area contributed by atoms with Crippen molar-refractivity contribution < 1.29 is 19.4 Å². The monoisotopic (exact) mass is 255 g/mol. The fourth-order valence-electron chi connectivity index (χ4n) is 2.85. The molecule has 0 bridgehead atoms. The summed E-state index contributed by atoms with van der Waals surface area (Å²) in [7, 11) is 1.54. The van der Waals surface area contributed by atoms with Crippen molar-refractivity contribution in [1.82, 2.24) is 4.90 Å². The highest BCUT2D eigenvalue weighted by atomic mass is 16.5. The minimum Gasteiger partial charge on any atom is -0.480 e. The summed E-state index contributed by atoms with van der Waals surface area (Å²) in [6.45, 7) is 0.544. The van der Waals surface area contributed by atoms with Crippen LogP contribution in [0, 0.1) is 5.92 Å². The Morgan fingerprint density at radius 3 is 2.44 bits per heavy atom. The van der Waals surface area contributed by atoms with Crippen LogP contribution in [0.2, 0.25) is 0 Å². The molecule has 1 saturated carbocycles. The molecule has 1 amide bonds. The van der Waals surface area contributed by atoms with E-state index >= 15 is 0 Å². The van der Waals surface area contributed by atoms with Gasteiger partial charge in [-0.3, -0.25) is 4.79 Å². The van der Waals surface area contributed by atoms with E-state index in [4.69, 9.17) is 4.74 Å². The average molecular weight is 255 g/mol. The molecule has 2 aliphatic rings. The van der Waals surface area contributed by atoms with Crippen LogP contribution in [-0.2, 0) is 14.3 Å². The van der Waals surface area contributed by atoms with Gasteiger partial charge in [0.1, 0.15) is 12.1 Å². The normalized spacial score (nSPS) is 26.5. The fraction of sp³-hybridized carbons (Fsp3) is 0.846. The van der Waals surface area contributed by atoms with Crippen molar-refractivity contribution >= 4 is 11.9 Å². The summed E-state index contributed by atoms with van der Waals surface area (Å²) in [4.78, 5) is 25.1. The van der Waals surface area contributed by atoms with E-state index in [1.54, 1.807) is 7.11 Å². The molecule has 5 nitrogen and oxygen atoms in total. The smallest absolute Gasteiger partial charge is 0.326 e. The lowest BCUT2D eigenvalue weighted by atomic mass is 9.80. The molecule has 2 atom stereocenters. The molecule has 1 heterocycles. The number of likely N-dealkylation sites (tertiary alicyclic amines) is 1. The first-order valence-corrected chi connectivity index (χ1v) is 6.71. The Labute approximate surface area is 107 Å².